The molecular weight excluding hydrogens is 707 g/mol. The van der Waals surface area contributed by atoms with Crippen LogP contribution in [0, 0.1) is 11.8 Å². The molecular formula is C34H46Cl2N6O9. The van der Waals surface area contributed by atoms with Gasteiger partial charge in [-0.25, -0.2) is 0 Å². The standard InChI is InChI=1S/C34H46Cl2N6O9/c1-17(2)12-25(41-33(49)28(18(3)4)42-31(47)23(37)10-11-27(44)45)32(48)40-24(13-19-8-6-5-7-9-19)29(46)34(50)39-20-14-21(35)30(22(36)15-20)51-16-26(38)43/h5-9,14-15,17-18,23-25,28-29,46H,10-13,16,37H2,1-4H3,(H2,38,43)(H,39,50)(H,40,48)(H,41,49)(H,42,47)(H,44,45)/t23-,24-,25-,28-,29+/m0/s1. The molecule has 5 amide bonds. The van der Waals surface area contributed by atoms with E-state index in [-0.39, 0.29) is 53.1 Å². The number of anilines is 1. The van der Waals surface area contributed by atoms with Gasteiger partial charge in [-0.3, -0.25) is 28.8 Å². The fourth-order valence-electron chi connectivity index (χ4n) is 4.87. The van der Waals surface area contributed by atoms with Gasteiger partial charge in [-0.05, 0) is 48.8 Å². The van der Waals surface area contributed by atoms with Gasteiger partial charge in [0.25, 0.3) is 11.8 Å². The van der Waals surface area contributed by atoms with E-state index in [1.165, 1.54) is 12.1 Å². The van der Waals surface area contributed by atoms with Crippen molar-refractivity contribution in [2.75, 3.05) is 11.9 Å². The number of primary amides is 1. The van der Waals surface area contributed by atoms with E-state index in [1.807, 2.05) is 13.8 Å². The second-order valence-electron chi connectivity index (χ2n) is 12.7. The number of rotatable bonds is 20. The first-order valence-corrected chi connectivity index (χ1v) is 17.0. The number of carbonyl (C=O) groups excluding carboxylic acids is 5. The maximum atomic E-state index is 13.8. The Balaban J connectivity index is 2.30. The zero-order chi connectivity index (χ0) is 38.4. The van der Waals surface area contributed by atoms with Crippen molar-refractivity contribution < 1.29 is 43.7 Å². The Labute approximate surface area is 306 Å². The molecule has 0 saturated carbocycles. The molecule has 0 fully saturated rings. The predicted molar refractivity (Wildman–Crippen MR) is 191 cm³/mol. The zero-order valence-electron chi connectivity index (χ0n) is 28.8. The van der Waals surface area contributed by atoms with Crippen LogP contribution in [0.5, 0.6) is 5.75 Å². The number of benzene rings is 2. The third-order valence-corrected chi connectivity index (χ3v) is 8.05. The van der Waals surface area contributed by atoms with Crippen LogP contribution < -0.4 is 37.5 Å². The largest absolute Gasteiger partial charge is 0.481 e. The van der Waals surface area contributed by atoms with Gasteiger partial charge in [0, 0.05) is 12.1 Å². The van der Waals surface area contributed by atoms with E-state index in [9.17, 15) is 33.9 Å². The Kier molecular flexibility index (Phi) is 17.1. The molecule has 0 aliphatic heterocycles. The van der Waals surface area contributed by atoms with Gasteiger partial charge in [0.05, 0.1) is 22.1 Å². The highest BCUT2D eigenvalue weighted by atomic mass is 35.5. The Morgan fingerprint density at radius 1 is 0.863 bits per heavy atom. The molecule has 0 aromatic heterocycles. The maximum Gasteiger partial charge on any atom is 0.303 e. The number of aliphatic carboxylic acids is 1. The van der Waals surface area contributed by atoms with Crippen LogP contribution in [0.2, 0.25) is 10.0 Å². The number of aliphatic hydroxyl groups excluding tert-OH is 1. The van der Waals surface area contributed by atoms with Crippen molar-refractivity contribution in [3.8, 4) is 5.75 Å². The van der Waals surface area contributed by atoms with Crippen LogP contribution in [0.3, 0.4) is 0 Å². The number of amides is 5. The average Bonchev–Trinajstić information content (AvgIpc) is 3.04. The van der Waals surface area contributed by atoms with Gasteiger partial charge in [-0.15, -0.1) is 0 Å². The summed E-state index contributed by atoms with van der Waals surface area (Å²) in [6.45, 7) is 6.54. The quantitative estimate of drug-likeness (QED) is 0.0973. The van der Waals surface area contributed by atoms with Crippen molar-refractivity contribution in [3.63, 3.8) is 0 Å². The summed E-state index contributed by atoms with van der Waals surface area (Å²) in [5.41, 5.74) is 11.7. The van der Waals surface area contributed by atoms with Gasteiger partial charge in [0.1, 0.15) is 12.1 Å². The molecule has 0 aliphatic carbocycles. The topological polar surface area (TPSA) is 252 Å². The molecule has 2 rings (SSSR count). The Bertz CT molecular complexity index is 1520. The lowest BCUT2D eigenvalue weighted by Gasteiger charge is -2.29. The van der Waals surface area contributed by atoms with Crippen LogP contribution in [0.1, 0.15) is 52.5 Å². The van der Waals surface area contributed by atoms with Crippen molar-refractivity contribution in [2.45, 2.75) is 83.6 Å². The number of halogens is 2. The zero-order valence-corrected chi connectivity index (χ0v) is 30.3. The number of carbonyl (C=O) groups is 6. The number of carboxylic acids is 1. The highest BCUT2D eigenvalue weighted by Crippen LogP contribution is 2.36. The van der Waals surface area contributed by atoms with E-state index in [2.05, 4.69) is 21.3 Å². The van der Waals surface area contributed by atoms with E-state index in [1.54, 1.807) is 44.2 Å². The predicted octanol–water partition coefficient (Wildman–Crippen LogP) is 1.75. The Hall–Kier alpha value is -4.44. The number of ether oxygens (including phenoxy) is 1. The minimum atomic E-state index is -1.82. The monoisotopic (exact) mass is 752 g/mol. The van der Waals surface area contributed by atoms with Crippen LogP contribution >= 0.6 is 23.2 Å². The SMILES string of the molecule is CC(C)C[C@H](NC(=O)[C@@H](NC(=O)[C@@H](N)CCC(=O)O)C(C)C)C(=O)N[C@@H](Cc1ccccc1)[C@@H](O)C(=O)Nc1cc(Cl)c(OCC(N)=O)c(Cl)c1. The van der Waals surface area contributed by atoms with E-state index in [4.69, 9.17) is 44.5 Å². The van der Waals surface area contributed by atoms with Crippen LogP contribution in [0.25, 0.3) is 0 Å². The number of nitrogens with two attached hydrogens (primary N) is 2. The molecule has 0 unspecified atom stereocenters. The maximum absolute atomic E-state index is 13.8. The summed E-state index contributed by atoms with van der Waals surface area (Å²) >= 11 is 12.5. The van der Waals surface area contributed by atoms with E-state index < -0.39 is 78.3 Å². The van der Waals surface area contributed by atoms with Crippen molar-refractivity contribution in [1.29, 1.82) is 0 Å². The lowest BCUT2D eigenvalue weighted by molar-refractivity contribution is -0.137. The molecule has 0 heterocycles. The van der Waals surface area contributed by atoms with Gasteiger partial charge in [0.15, 0.2) is 18.5 Å². The molecule has 2 aromatic rings. The summed E-state index contributed by atoms with van der Waals surface area (Å²) < 4.78 is 5.21. The molecule has 2 aromatic carbocycles. The van der Waals surface area contributed by atoms with Crippen LogP contribution in [0.4, 0.5) is 5.69 Å². The van der Waals surface area contributed by atoms with Gasteiger partial charge in [-0.2, -0.15) is 0 Å². The van der Waals surface area contributed by atoms with Gasteiger partial charge in [0.2, 0.25) is 17.7 Å². The number of hydrogen-bond acceptors (Lipinski definition) is 9. The van der Waals surface area contributed by atoms with E-state index in [0.29, 0.717) is 5.56 Å². The fourth-order valence-corrected chi connectivity index (χ4v) is 5.47. The first-order chi connectivity index (χ1) is 23.9. The fraction of sp³-hybridized carbons (Fsp3) is 0.471. The third-order valence-electron chi connectivity index (χ3n) is 7.49. The lowest BCUT2D eigenvalue weighted by Crippen LogP contribution is -2.59. The average molecular weight is 754 g/mol. The highest BCUT2D eigenvalue weighted by molar-refractivity contribution is 6.37. The van der Waals surface area contributed by atoms with Crippen molar-refractivity contribution >= 4 is 64.4 Å². The molecule has 17 heteroatoms. The molecule has 0 saturated heterocycles. The summed E-state index contributed by atoms with van der Waals surface area (Å²) in [5.74, 6) is -5.47. The summed E-state index contributed by atoms with van der Waals surface area (Å²) in [7, 11) is 0. The number of carboxylic acid groups (broad SMARTS) is 1. The lowest BCUT2D eigenvalue weighted by atomic mass is 9.97. The van der Waals surface area contributed by atoms with Crippen molar-refractivity contribution in [3.05, 3.63) is 58.1 Å². The number of aliphatic hydroxyl groups is 1. The highest BCUT2D eigenvalue weighted by Gasteiger charge is 2.34. The summed E-state index contributed by atoms with van der Waals surface area (Å²) in [4.78, 5) is 75.3. The Morgan fingerprint density at radius 2 is 1.47 bits per heavy atom. The third kappa shape index (κ3) is 14.4. The summed E-state index contributed by atoms with van der Waals surface area (Å²) in [6.07, 6.45) is -2.11. The summed E-state index contributed by atoms with van der Waals surface area (Å²) in [6, 6.07) is 6.74. The molecule has 0 aliphatic rings. The molecule has 0 bridgehead atoms. The number of nitrogens with one attached hydrogen (secondary N) is 4. The van der Waals surface area contributed by atoms with Crippen LogP contribution in [-0.4, -0.2) is 82.6 Å². The smallest absolute Gasteiger partial charge is 0.303 e. The first-order valence-electron chi connectivity index (χ1n) is 16.2. The molecule has 15 nitrogen and oxygen atoms in total. The van der Waals surface area contributed by atoms with Crippen LogP contribution in [0.15, 0.2) is 42.5 Å². The minimum absolute atomic E-state index is 0.0177. The second-order valence-corrected chi connectivity index (χ2v) is 13.5. The second kappa shape index (κ2) is 20.4. The molecule has 0 radical (unpaired) electrons. The Morgan fingerprint density at radius 3 is 2.00 bits per heavy atom. The van der Waals surface area contributed by atoms with E-state index >= 15 is 0 Å². The van der Waals surface area contributed by atoms with E-state index in [0.717, 1.165) is 0 Å². The first kappa shape index (κ1) is 42.7. The molecule has 10 N–H and O–H groups in total. The van der Waals surface area contributed by atoms with Gasteiger partial charge < -0.3 is 47.7 Å². The van der Waals surface area contributed by atoms with Crippen LogP contribution in [-0.2, 0) is 35.2 Å². The minimum Gasteiger partial charge on any atom is -0.481 e. The molecule has 280 valence electrons. The number of hydrogen-bond donors (Lipinski definition) is 8. The molecule has 5 atom stereocenters. The van der Waals surface area contributed by atoms with Gasteiger partial charge in [-0.1, -0.05) is 81.2 Å². The summed E-state index contributed by atoms with van der Waals surface area (Å²) in [5, 5.41) is 30.5. The molecule has 51 heavy (non-hydrogen) atoms. The van der Waals surface area contributed by atoms with Gasteiger partial charge >= 0.3 is 5.97 Å². The van der Waals surface area contributed by atoms with Crippen molar-refractivity contribution in [1.82, 2.24) is 16.0 Å². The molecule has 0 spiro atoms. The normalized spacial score (nSPS) is 14.1. The van der Waals surface area contributed by atoms with Crippen molar-refractivity contribution in [2.24, 2.45) is 23.3 Å².